The first-order valence-electron chi connectivity index (χ1n) is 5.83. The number of carbonyl (C=O) groups is 1. The number of rotatable bonds is 3. The number of amides is 1. The Bertz CT molecular complexity index is 372. The molecule has 0 spiro atoms. The lowest BCUT2D eigenvalue weighted by Gasteiger charge is -2.20. The smallest absolute Gasteiger partial charge is 0.228 e. The molecule has 1 aromatic heterocycles. The molecule has 92 valence electrons. The van der Waals surface area contributed by atoms with Gasteiger partial charge in [0.2, 0.25) is 5.91 Å². The maximum atomic E-state index is 11.9. The van der Waals surface area contributed by atoms with E-state index in [1.807, 2.05) is 6.07 Å². The number of nitrogens with one attached hydrogen (secondary N) is 1. The Morgan fingerprint density at radius 2 is 2.24 bits per heavy atom. The van der Waals surface area contributed by atoms with Gasteiger partial charge in [0.05, 0.1) is 0 Å². The van der Waals surface area contributed by atoms with Crippen LogP contribution in [0.1, 0.15) is 18.4 Å². The number of nitrogens with two attached hydrogens (primary N) is 1. The summed E-state index contributed by atoms with van der Waals surface area (Å²) in [7, 11) is 0. The molecule has 0 aliphatic carbocycles. The molecule has 5 nitrogen and oxygen atoms in total. The van der Waals surface area contributed by atoms with Gasteiger partial charge in [-0.2, -0.15) is 0 Å². The van der Waals surface area contributed by atoms with Gasteiger partial charge in [0, 0.05) is 31.9 Å². The topological polar surface area (TPSA) is 77.2 Å². The fourth-order valence-corrected chi connectivity index (χ4v) is 1.81. The third-order valence-electron chi connectivity index (χ3n) is 2.90. The Morgan fingerprint density at radius 3 is 2.82 bits per heavy atom. The van der Waals surface area contributed by atoms with Crippen LogP contribution < -0.4 is 11.1 Å². The highest BCUT2D eigenvalue weighted by Crippen LogP contribution is 2.16. The van der Waals surface area contributed by atoms with E-state index in [1.54, 1.807) is 12.3 Å². The van der Waals surface area contributed by atoms with Gasteiger partial charge in [-0.15, -0.1) is 0 Å². The average molecular weight is 235 g/mol. The predicted molar refractivity (Wildman–Crippen MR) is 64.3 cm³/mol. The lowest BCUT2D eigenvalue weighted by Crippen LogP contribution is -2.28. The van der Waals surface area contributed by atoms with Crippen molar-refractivity contribution in [2.45, 2.75) is 19.4 Å². The summed E-state index contributed by atoms with van der Waals surface area (Å²) < 4.78 is 5.22. The Morgan fingerprint density at radius 1 is 1.47 bits per heavy atom. The van der Waals surface area contributed by atoms with E-state index >= 15 is 0 Å². The van der Waals surface area contributed by atoms with Gasteiger partial charge in [0.25, 0.3) is 0 Å². The zero-order valence-electron chi connectivity index (χ0n) is 9.69. The summed E-state index contributed by atoms with van der Waals surface area (Å²) in [6.45, 7) is 1.79. The van der Waals surface area contributed by atoms with Gasteiger partial charge in [-0.05, 0) is 24.5 Å². The van der Waals surface area contributed by atoms with Crippen LogP contribution in [-0.2, 0) is 16.1 Å². The van der Waals surface area contributed by atoms with Crippen molar-refractivity contribution >= 4 is 11.7 Å². The molecule has 1 aliphatic rings. The number of pyridine rings is 1. The minimum atomic E-state index is 0.0290. The van der Waals surface area contributed by atoms with Crippen molar-refractivity contribution in [3.8, 4) is 0 Å². The second kappa shape index (κ2) is 5.75. The number of ether oxygens (including phenoxy) is 1. The van der Waals surface area contributed by atoms with Crippen LogP contribution in [-0.4, -0.2) is 24.1 Å². The minimum Gasteiger partial charge on any atom is -0.381 e. The van der Waals surface area contributed by atoms with Gasteiger partial charge in [-0.1, -0.05) is 6.07 Å². The van der Waals surface area contributed by atoms with E-state index in [9.17, 15) is 4.79 Å². The van der Waals surface area contributed by atoms with E-state index in [-0.39, 0.29) is 11.8 Å². The van der Waals surface area contributed by atoms with Crippen molar-refractivity contribution in [1.29, 1.82) is 0 Å². The molecule has 5 heteroatoms. The van der Waals surface area contributed by atoms with Crippen molar-refractivity contribution in [2.75, 3.05) is 18.5 Å². The standard InChI is InChI=1S/C12H17N3O2/c13-7-9-1-2-11(14-8-9)15-12(16)10-3-5-17-6-4-10/h1-2,8,10H,3-7,13H2,(H,14,15,16). The van der Waals surface area contributed by atoms with Crippen LogP contribution in [0, 0.1) is 5.92 Å². The molecule has 1 fully saturated rings. The molecular weight excluding hydrogens is 218 g/mol. The average Bonchev–Trinajstić information content (AvgIpc) is 2.40. The van der Waals surface area contributed by atoms with E-state index in [4.69, 9.17) is 10.5 Å². The largest absolute Gasteiger partial charge is 0.381 e. The van der Waals surface area contributed by atoms with Crippen LogP contribution in [0.3, 0.4) is 0 Å². The van der Waals surface area contributed by atoms with Crippen LogP contribution in [0.4, 0.5) is 5.82 Å². The molecule has 1 aromatic rings. The van der Waals surface area contributed by atoms with Gasteiger partial charge in [-0.25, -0.2) is 4.98 Å². The molecule has 17 heavy (non-hydrogen) atoms. The summed E-state index contributed by atoms with van der Waals surface area (Å²) in [5.41, 5.74) is 6.43. The van der Waals surface area contributed by atoms with E-state index in [0.717, 1.165) is 18.4 Å². The van der Waals surface area contributed by atoms with E-state index in [0.29, 0.717) is 25.6 Å². The molecule has 0 bridgehead atoms. The zero-order valence-corrected chi connectivity index (χ0v) is 9.69. The minimum absolute atomic E-state index is 0.0290. The van der Waals surface area contributed by atoms with E-state index < -0.39 is 0 Å². The monoisotopic (exact) mass is 235 g/mol. The Hall–Kier alpha value is -1.46. The summed E-state index contributed by atoms with van der Waals surface area (Å²) >= 11 is 0. The highest BCUT2D eigenvalue weighted by molar-refractivity contribution is 5.91. The number of anilines is 1. The molecule has 0 saturated carbocycles. The highest BCUT2D eigenvalue weighted by Gasteiger charge is 2.21. The normalized spacial score (nSPS) is 16.8. The molecule has 3 N–H and O–H groups in total. The molecule has 1 aliphatic heterocycles. The maximum absolute atomic E-state index is 11.9. The zero-order chi connectivity index (χ0) is 12.1. The lowest BCUT2D eigenvalue weighted by molar-refractivity contribution is -0.122. The summed E-state index contributed by atoms with van der Waals surface area (Å²) in [6.07, 6.45) is 3.25. The molecule has 1 saturated heterocycles. The maximum Gasteiger partial charge on any atom is 0.228 e. The van der Waals surface area contributed by atoms with E-state index in [1.165, 1.54) is 0 Å². The highest BCUT2D eigenvalue weighted by atomic mass is 16.5. The number of hydrogen-bond donors (Lipinski definition) is 2. The van der Waals surface area contributed by atoms with E-state index in [2.05, 4.69) is 10.3 Å². The van der Waals surface area contributed by atoms with Crippen LogP contribution in [0.25, 0.3) is 0 Å². The fraction of sp³-hybridized carbons (Fsp3) is 0.500. The quantitative estimate of drug-likeness (QED) is 0.816. The van der Waals surface area contributed by atoms with Crippen molar-refractivity contribution in [2.24, 2.45) is 11.7 Å². The summed E-state index contributed by atoms with van der Waals surface area (Å²) in [5.74, 6) is 0.653. The number of aromatic nitrogens is 1. The first-order chi connectivity index (χ1) is 8.29. The number of carbonyl (C=O) groups excluding carboxylic acids is 1. The van der Waals surface area contributed by atoms with Crippen LogP contribution in [0.2, 0.25) is 0 Å². The SMILES string of the molecule is NCc1ccc(NC(=O)C2CCOCC2)nc1. The van der Waals surface area contributed by atoms with Crippen LogP contribution in [0.5, 0.6) is 0 Å². The lowest BCUT2D eigenvalue weighted by atomic mass is 9.99. The number of nitrogens with zero attached hydrogens (tertiary/aromatic N) is 1. The third kappa shape index (κ3) is 3.25. The van der Waals surface area contributed by atoms with Crippen molar-refractivity contribution < 1.29 is 9.53 Å². The summed E-state index contributed by atoms with van der Waals surface area (Å²) in [5, 5.41) is 2.82. The molecule has 2 heterocycles. The predicted octanol–water partition coefficient (Wildman–Crippen LogP) is 0.905. The van der Waals surface area contributed by atoms with Crippen molar-refractivity contribution in [1.82, 2.24) is 4.98 Å². The number of hydrogen-bond acceptors (Lipinski definition) is 4. The molecule has 2 rings (SSSR count). The van der Waals surface area contributed by atoms with Gasteiger partial charge < -0.3 is 15.8 Å². The first kappa shape index (κ1) is 12.0. The Kier molecular flexibility index (Phi) is 4.06. The molecule has 0 atom stereocenters. The van der Waals surface area contributed by atoms with Crippen molar-refractivity contribution in [3.05, 3.63) is 23.9 Å². The Balaban J connectivity index is 1.92. The van der Waals surface area contributed by atoms with Gasteiger partial charge in [0.1, 0.15) is 5.82 Å². The van der Waals surface area contributed by atoms with Crippen molar-refractivity contribution in [3.63, 3.8) is 0 Å². The molecule has 1 amide bonds. The van der Waals surface area contributed by atoms with Gasteiger partial charge >= 0.3 is 0 Å². The third-order valence-corrected chi connectivity index (χ3v) is 2.90. The van der Waals surface area contributed by atoms with Crippen LogP contribution in [0.15, 0.2) is 18.3 Å². The van der Waals surface area contributed by atoms with Gasteiger partial charge in [-0.3, -0.25) is 4.79 Å². The summed E-state index contributed by atoms with van der Waals surface area (Å²) in [6, 6.07) is 3.64. The molecule has 0 aromatic carbocycles. The Labute approximate surface area is 100 Å². The molecule has 0 unspecified atom stereocenters. The molecule has 0 radical (unpaired) electrons. The fourth-order valence-electron chi connectivity index (χ4n) is 1.81. The van der Waals surface area contributed by atoms with Crippen LogP contribution >= 0.6 is 0 Å². The molecular formula is C12H17N3O2. The summed E-state index contributed by atoms with van der Waals surface area (Å²) in [4.78, 5) is 16.0. The first-order valence-corrected chi connectivity index (χ1v) is 5.83. The van der Waals surface area contributed by atoms with Gasteiger partial charge in [0.15, 0.2) is 0 Å². The second-order valence-corrected chi connectivity index (χ2v) is 4.13. The second-order valence-electron chi connectivity index (χ2n) is 4.13.